The van der Waals surface area contributed by atoms with E-state index in [0.29, 0.717) is 6.54 Å². The average Bonchev–Trinajstić information content (AvgIpc) is 2.57. The van der Waals surface area contributed by atoms with Crippen LogP contribution in [-0.4, -0.2) is 40.2 Å². The van der Waals surface area contributed by atoms with Crippen LogP contribution in [0.3, 0.4) is 0 Å². The van der Waals surface area contributed by atoms with Crippen molar-refractivity contribution in [1.29, 1.82) is 0 Å². The van der Waals surface area contributed by atoms with E-state index in [-0.39, 0.29) is 0 Å². The molecular weight excluding hydrogens is 392 g/mol. The summed E-state index contributed by atoms with van der Waals surface area (Å²) in [6.07, 6.45) is 5.36. The molecule has 0 bridgehead atoms. The molecule has 0 N–H and O–H groups in total. The van der Waals surface area contributed by atoms with Gasteiger partial charge in [0, 0.05) is 0 Å². The van der Waals surface area contributed by atoms with Crippen LogP contribution in [0.4, 0.5) is 0 Å². The zero-order chi connectivity index (χ0) is 14.4. The number of nitrogens with zero attached hydrogens (tertiary/aromatic N) is 2. The van der Waals surface area contributed by atoms with Gasteiger partial charge in [0.2, 0.25) is 0 Å². The third kappa shape index (κ3) is 3.73. The third-order valence-electron chi connectivity index (χ3n) is 2.89. The van der Waals surface area contributed by atoms with Gasteiger partial charge in [-0.15, -0.1) is 0 Å². The van der Waals surface area contributed by atoms with Gasteiger partial charge in [0.15, 0.2) is 0 Å². The van der Waals surface area contributed by atoms with Crippen molar-refractivity contribution in [3.63, 3.8) is 0 Å². The molecule has 0 aromatic heterocycles. The summed E-state index contributed by atoms with van der Waals surface area (Å²) >= 11 is -1.97. The topological polar surface area (TPSA) is 23.6 Å². The first-order valence-corrected chi connectivity index (χ1v) is 21.0. The van der Waals surface area contributed by atoms with E-state index in [1.54, 1.807) is 29.2 Å². The fraction of sp³-hybridized carbons (Fsp3) is 0.750. The first-order chi connectivity index (χ1) is 7.76. The van der Waals surface area contributed by atoms with Crippen molar-refractivity contribution in [3.8, 4) is 0 Å². The van der Waals surface area contributed by atoms with Crippen LogP contribution < -0.4 is 0 Å². The molecule has 0 aliphatic carbocycles. The van der Waals surface area contributed by atoms with E-state index in [1.807, 2.05) is 0 Å². The Balaban J connectivity index is 3.26. The molecule has 105 valence electrons. The summed E-state index contributed by atoms with van der Waals surface area (Å²) in [6.45, 7) is 2.69. The van der Waals surface area contributed by atoms with E-state index in [9.17, 15) is 3.80 Å². The molecule has 10 heteroatoms. The summed E-state index contributed by atoms with van der Waals surface area (Å²) in [4.78, 5) is 3.38. The number of unbranched alkanes of at least 4 members (excludes halogenated alkanes) is 1. The predicted octanol–water partition coefficient (Wildman–Crippen LogP) is 4.28. The van der Waals surface area contributed by atoms with E-state index in [2.05, 4.69) is 6.92 Å². The molecule has 0 amide bonds. The Morgan fingerprint density at radius 3 is 2.22 bits per heavy atom. The Morgan fingerprint density at radius 1 is 1.22 bits per heavy atom. The van der Waals surface area contributed by atoms with E-state index in [1.165, 1.54) is 0 Å². The summed E-state index contributed by atoms with van der Waals surface area (Å²) in [5, 5.41) is -6.62. The van der Waals surface area contributed by atoms with Crippen molar-refractivity contribution in [2.24, 2.45) is 0 Å². The number of rotatable bonds is 5. The normalized spacial score (nSPS) is 26.2. The number of halogens is 5. The average molecular weight is 407 g/mol. The Kier molecular flexibility index (Phi) is 4.16. The second-order valence-corrected chi connectivity index (χ2v) is 60.8. The summed E-state index contributed by atoms with van der Waals surface area (Å²) in [5.74, 6) is 0. The summed E-state index contributed by atoms with van der Waals surface area (Å²) in [6, 6.07) is 0. The van der Waals surface area contributed by atoms with Gasteiger partial charge in [-0.3, -0.25) is 0 Å². The molecule has 1 unspecified atom stereocenters. The quantitative estimate of drug-likeness (QED) is 0.636. The van der Waals surface area contributed by atoms with Crippen LogP contribution in [0.25, 0.3) is 0 Å². The van der Waals surface area contributed by atoms with Gasteiger partial charge >= 0.3 is 128 Å². The summed E-state index contributed by atoms with van der Waals surface area (Å²) in [5.41, 5.74) is 0. The molecule has 0 aromatic carbocycles. The molecule has 0 fully saturated rings. The molecule has 0 saturated carbocycles. The maximum atomic E-state index is 11.7. The standard InChI is InChI=1S/C8H15N2.Al.5ClH.O.Ti/c1-3-4-5-10-7-6-9(2)8-10;;;;;;;;/h6-8H,3-5H2,1-2H3;;5*1H;;/q;;;;;;;;+5/p-5. The van der Waals surface area contributed by atoms with Gasteiger partial charge in [-0.2, -0.15) is 0 Å². The Morgan fingerprint density at radius 2 is 1.78 bits per heavy atom. The first kappa shape index (κ1) is 17.9. The predicted molar refractivity (Wildman–Crippen MR) is 78.0 cm³/mol. The molecule has 18 heavy (non-hydrogen) atoms. The minimum atomic E-state index is -6.62. The van der Waals surface area contributed by atoms with Gasteiger partial charge in [0.25, 0.3) is 0 Å². The van der Waals surface area contributed by atoms with Gasteiger partial charge in [-0.1, -0.05) is 0 Å². The van der Waals surface area contributed by atoms with E-state index < -0.39 is 22.1 Å². The van der Waals surface area contributed by atoms with Crippen LogP contribution in [-0.2, 0) is 9.06 Å². The summed E-state index contributed by atoms with van der Waals surface area (Å²) in [7, 11) is 33.2. The SMILES string of the molecule is CCCCN1C=CN(C)[CH]1[Ti]([Cl])([Cl])([Cl])([Cl])([Cl])[Al]=[O]. The second-order valence-electron chi connectivity index (χ2n) is 5.02. The van der Waals surface area contributed by atoms with Gasteiger partial charge in [0.05, 0.1) is 0 Å². The van der Waals surface area contributed by atoms with Gasteiger partial charge in [-0.05, 0) is 0 Å². The van der Waals surface area contributed by atoms with Crippen LogP contribution in [0.15, 0.2) is 12.4 Å². The molecule has 0 aromatic rings. The molecule has 1 aliphatic heterocycles. The molecule has 1 aliphatic rings. The fourth-order valence-corrected chi connectivity index (χ4v) is 13.6. The minimum absolute atomic E-state index is 0.638. The van der Waals surface area contributed by atoms with Crippen molar-refractivity contribution in [3.05, 3.63) is 12.4 Å². The maximum absolute atomic E-state index is 11.7. The van der Waals surface area contributed by atoms with Gasteiger partial charge in [-0.25, -0.2) is 0 Å². The molecule has 0 radical (unpaired) electrons. The Bertz CT molecular complexity index is 414. The molecule has 1 heterocycles. The van der Waals surface area contributed by atoms with Crippen molar-refractivity contribution in [2.45, 2.75) is 24.2 Å². The zero-order valence-electron chi connectivity index (χ0n) is 10.1. The molecule has 1 rings (SSSR count). The molecular formula is C8H15AlCl5N2OTi. The van der Waals surface area contributed by atoms with Gasteiger partial charge in [0.1, 0.15) is 0 Å². The Hall–Kier alpha value is 1.84. The molecule has 0 spiro atoms. The van der Waals surface area contributed by atoms with Crippen LogP contribution >= 0.6 is 46.5 Å². The van der Waals surface area contributed by atoms with Crippen molar-refractivity contribution >= 4 is 58.9 Å². The van der Waals surface area contributed by atoms with E-state index >= 15 is 0 Å². The fourth-order valence-electron chi connectivity index (χ4n) is 2.10. The van der Waals surface area contributed by atoms with Crippen LogP contribution in [0, 0.1) is 0 Å². The monoisotopic (exact) mass is 405 g/mol. The third-order valence-corrected chi connectivity index (χ3v) is 20.1. The van der Waals surface area contributed by atoms with Gasteiger partial charge < -0.3 is 0 Å². The number of hydrogen-bond acceptors (Lipinski definition) is 3. The zero-order valence-corrected chi connectivity index (χ0v) is 16.6. The van der Waals surface area contributed by atoms with Crippen LogP contribution in [0.2, 0.25) is 0 Å². The van der Waals surface area contributed by atoms with Crippen LogP contribution in [0.5, 0.6) is 0 Å². The van der Waals surface area contributed by atoms with E-state index in [4.69, 9.17) is 46.5 Å². The molecule has 1 atom stereocenters. The number of hydrogen-bond donors (Lipinski definition) is 0. The second kappa shape index (κ2) is 4.19. The van der Waals surface area contributed by atoms with Crippen molar-refractivity contribution in [1.82, 2.24) is 9.80 Å². The first-order valence-electron chi connectivity index (χ1n) is 5.59. The van der Waals surface area contributed by atoms with Crippen molar-refractivity contribution in [2.75, 3.05) is 13.6 Å². The van der Waals surface area contributed by atoms with Crippen molar-refractivity contribution < 1.29 is 9.06 Å². The van der Waals surface area contributed by atoms with Crippen LogP contribution in [0.1, 0.15) is 19.8 Å². The molecule has 3 nitrogen and oxygen atoms in total. The molecule has 0 saturated heterocycles. The Labute approximate surface area is 126 Å². The summed E-state index contributed by atoms with van der Waals surface area (Å²) < 4.78 is 10.8. The van der Waals surface area contributed by atoms with E-state index in [0.717, 1.165) is 12.8 Å².